The number of halogens is 2. The van der Waals surface area contributed by atoms with Gasteiger partial charge in [-0.15, -0.1) is 0 Å². The van der Waals surface area contributed by atoms with E-state index in [1.165, 1.54) is 30.4 Å². The van der Waals surface area contributed by atoms with Crippen molar-refractivity contribution in [3.8, 4) is 0 Å². The summed E-state index contributed by atoms with van der Waals surface area (Å²) in [6.07, 6.45) is 4.68. The Morgan fingerprint density at radius 1 is 1.29 bits per heavy atom. The van der Waals surface area contributed by atoms with Gasteiger partial charge in [0.15, 0.2) is 0 Å². The van der Waals surface area contributed by atoms with E-state index in [1.54, 1.807) is 0 Å². The maximum atomic E-state index is 13.4. The Balaban J connectivity index is 1.63. The van der Waals surface area contributed by atoms with Crippen LogP contribution in [0.25, 0.3) is 0 Å². The fraction of sp³-hybridized carbons (Fsp3) is 0.533. The van der Waals surface area contributed by atoms with Crippen molar-refractivity contribution < 1.29 is 13.6 Å². The molecule has 21 heavy (non-hydrogen) atoms. The van der Waals surface area contributed by atoms with Crippen LogP contribution >= 0.6 is 21.6 Å². The van der Waals surface area contributed by atoms with Crippen LogP contribution in [0, 0.1) is 11.6 Å². The van der Waals surface area contributed by atoms with Gasteiger partial charge in [-0.1, -0.05) is 34.1 Å². The lowest BCUT2D eigenvalue weighted by Crippen LogP contribution is -2.23. The third-order valence-corrected chi connectivity index (χ3v) is 6.44. The van der Waals surface area contributed by atoms with Crippen LogP contribution in [-0.2, 0) is 11.3 Å². The van der Waals surface area contributed by atoms with Crippen LogP contribution in [0.5, 0.6) is 0 Å². The Kier molecular flexibility index (Phi) is 6.83. The third kappa shape index (κ3) is 5.51. The second-order valence-electron chi connectivity index (χ2n) is 5.05. The number of unbranched alkanes of at least 4 members (excludes halogenated alkanes) is 1. The molecule has 1 aliphatic rings. The minimum absolute atomic E-state index is 0.0785. The van der Waals surface area contributed by atoms with E-state index in [2.05, 4.69) is 5.32 Å². The van der Waals surface area contributed by atoms with Gasteiger partial charge in [0.05, 0.1) is 0 Å². The van der Waals surface area contributed by atoms with E-state index >= 15 is 0 Å². The Morgan fingerprint density at radius 2 is 2.05 bits per heavy atom. The lowest BCUT2D eigenvalue weighted by atomic mass is 10.1. The molecule has 1 amide bonds. The SMILES string of the molecule is O=C(CCCC[C@H]1CCSS1)NCc1c(F)cccc1F. The van der Waals surface area contributed by atoms with E-state index < -0.39 is 11.6 Å². The molecular formula is C15H19F2NOS2. The van der Waals surface area contributed by atoms with Crippen LogP contribution in [0.15, 0.2) is 18.2 Å². The number of hydrogen-bond donors (Lipinski definition) is 1. The van der Waals surface area contributed by atoms with Crippen molar-refractivity contribution in [2.24, 2.45) is 0 Å². The summed E-state index contributed by atoms with van der Waals surface area (Å²) in [5, 5.41) is 3.31. The zero-order chi connectivity index (χ0) is 15.1. The Bertz CT molecular complexity index is 458. The van der Waals surface area contributed by atoms with E-state index in [-0.39, 0.29) is 18.0 Å². The molecule has 0 bridgehead atoms. The summed E-state index contributed by atoms with van der Waals surface area (Å²) in [5.41, 5.74) is -0.0785. The number of hydrogen-bond acceptors (Lipinski definition) is 3. The summed E-state index contributed by atoms with van der Waals surface area (Å²) in [6, 6.07) is 3.71. The molecule has 0 radical (unpaired) electrons. The van der Waals surface area contributed by atoms with Crippen molar-refractivity contribution >= 4 is 27.5 Å². The lowest BCUT2D eigenvalue weighted by molar-refractivity contribution is -0.121. The van der Waals surface area contributed by atoms with Crippen LogP contribution in [0.4, 0.5) is 8.78 Å². The molecule has 1 heterocycles. The van der Waals surface area contributed by atoms with E-state index in [0.717, 1.165) is 24.5 Å². The average Bonchev–Trinajstić information content (AvgIpc) is 2.96. The minimum Gasteiger partial charge on any atom is -0.352 e. The van der Waals surface area contributed by atoms with Gasteiger partial charge in [-0.25, -0.2) is 8.78 Å². The molecule has 2 nitrogen and oxygen atoms in total. The highest BCUT2D eigenvalue weighted by molar-refractivity contribution is 8.77. The van der Waals surface area contributed by atoms with Gasteiger partial charge in [-0.2, -0.15) is 0 Å². The molecule has 1 aromatic carbocycles. The van der Waals surface area contributed by atoms with Gasteiger partial charge < -0.3 is 5.32 Å². The van der Waals surface area contributed by atoms with Crippen molar-refractivity contribution in [1.29, 1.82) is 0 Å². The van der Waals surface area contributed by atoms with Gasteiger partial charge in [0.2, 0.25) is 5.91 Å². The van der Waals surface area contributed by atoms with E-state index in [0.29, 0.717) is 6.42 Å². The number of rotatable bonds is 7. The fourth-order valence-electron chi connectivity index (χ4n) is 2.20. The quantitative estimate of drug-likeness (QED) is 0.597. The average molecular weight is 331 g/mol. The molecule has 0 saturated carbocycles. The maximum absolute atomic E-state index is 13.4. The zero-order valence-corrected chi connectivity index (χ0v) is 13.4. The minimum atomic E-state index is -0.619. The molecule has 0 spiro atoms. The number of carbonyl (C=O) groups is 1. The van der Waals surface area contributed by atoms with Crippen LogP contribution in [0.2, 0.25) is 0 Å². The Labute approximate surface area is 131 Å². The molecule has 2 rings (SSSR count). The molecule has 1 saturated heterocycles. The Hall–Kier alpha value is -0.750. The topological polar surface area (TPSA) is 29.1 Å². The molecule has 1 aliphatic heterocycles. The van der Waals surface area contributed by atoms with Crippen molar-refractivity contribution in [2.75, 3.05) is 5.75 Å². The van der Waals surface area contributed by atoms with Gasteiger partial charge >= 0.3 is 0 Å². The molecule has 1 fully saturated rings. The second-order valence-corrected chi connectivity index (χ2v) is 7.84. The molecule has 0 aliphatic carbocycles. The monoisotopic (exact) mass is 331 g/mol. The van der Waals surface area contributed by atoms with Crippen molar-refractivity contribution in [1.82, 2.24) is 5.32 Å². The van der Waals surface area contributed by atoms with Gasteiger partial charge in [-0.3, -0.25) is 4.79 Å². The summed E-state index contributed by atoms with van der Waals surface area (Å²) in [4.78, 5) is 11.7. The third-order valence-electron chi connectivity index (χ3n) is 3.43. The van der Waals surface area contributed by atoms with E-state index in [4.69, 9.17) is 0 Å². The predicted molar refractivity (Wildman–Crippen MR) is 85.1 cm³/mol. The van der Waals surface area contributed by atoms with Gasteiger partial charge in [0, 0.05) is 29.5 Å². The Morgan fingerprint density at radius 3 is 2.71 bits per heavy atom. The highest BCUT2D eigenvalue weighted by Crippen LogP contribution is 2.39. The largest absolute Gasteiger partial charge is 0.352 e. The number of nitrogens with one attached hydrogen (secondary N) is 1. The van der Waals surface area contributed by atoms with E-state index in [9.17, 15) is 13.6 Å². The molecule has 0 aromatic heterocycles. The molecule has 116 valence electrons. The summed E-state index contributed by atoms with van der Waals surface area (Å²) >= 11 is 0. The van der Waals surface area contributed by atoms with Crippen molar-refractivity contribution in [3.63, 3.8) is 0 Å². The molecule has 1 aromatic rings. The van der Waals surface area contributed by atoms with Crippen molar-refractivity contribution in [2.45, 2.75) is 43.9 Å². The highest BCUT2D eigenvalue weighted by Gasteiger charge is 2.16. The number of benzene rings is 1. The van der Waals surface area contributed by atoms with Gasteiger partial charge in [0.1, 0.15) is 11.6 Å². The van der Waals surface area contributed by atoms with E-state index in [1.807, 2.05) is 21.6 Å². The van der Waals surface area contributed by atoms with Crippen molar-refractivity contribution in [3.05, 3.63) is 35.4 Å². The summed E-state index contributed by atoms with van der Waals surface area (Å²) in [6.45, 7) is -0.0908. The molecule has 0 unspecified atom stereocenters. The summed E-state index contributed by atoms with van der Waals surface area (Å²) in [5.74, 6) is -0.160. The first kappa shape index (κ1) is 16.6. The first-order chi connectivity index (χ1) is 10.2. The first-order valence-electron chi connectivity index (χ1n) is 7.14. The second kappa shape index (κ2) is 8.63. The smallest absolute Gasteiger partial charge is 0.220 e. The zero-order valence-electron chi connectivity index (χ0n) is 11.7. The van der Waals surface area contributed by atoms with Gasteiger partial charge in [0.25, 0.3) is 0 Å². The lowest BCUT2D eigenvalue weighted by Gasteiger charge is -2.08. The highest BCUT2D eigenvalue weighted by atomic mass is 33.1. The van der Waals surface area contributed by atoms with Gasteiger partial charge in [-0.05, 0) is 31.4 Å². The first-order valence-corrected chi connectivity index (χ1v) is 9.53. The standard InChI is InChI=1S/C15H19F2NOS2/c16-13-5-3-6-14(17)12(13)10-18-15(19)7-2-1-4-11-8-9-20-21-11/h3,5-6,11H,1-2,4,7-10H2,(H,18,19)/t11-/m0/s1. The van der Waals surface area contributed by atoms with Crippen LogP contribution < -0.4 is 5.32 Å². The number of carbonyl (C=O) groups excluding carboxylic acids is 1. The predicted octanol–water partition coefficient (Wildman–Crippen LogP) is 4.30. The summed E-state index contributed by atoms with van der Waals surface area (Å²) in [7, 11) is 3.87. The summed E-state index contributed by atoms with van der Waals surface area (Å²) < 4.78 is 26.8. The van der Waals surface area contributed by atoms with Crippen LogP contribution in [0.1, 0.15) is 37.7 Å². The fourth-order valence-corrected chi connectivity index (χ4v) is 5.23. The normalized spacial score (nSPS) is 17.9. The number of amides is 1. The van der Waals surface area contributed by atoms with Crippen LogP contribution in [-0.4, -0.2) is 16.9 Å². The maximum Gasteiger partial charge on any atom is 0.220 e. The molecule has 1 N–H and O–H groups in total. The van der Waals surface area contributed by atoms with Crippen LogP contribution in [0.3, 0.4) is 0 Å². The molecule has 1 atom stereocenters. The molecular weight excluding hydrogens is 312 g/mol. The molecule has 6 heteroatoms.